The Morgan fingerprint density at radius 1 is 1.33 bits per heavy atom. The van der Waals surface area contributed by atoms with Crippen molar-refractivity contribution >= 4 is 28.7 Å². The number of fused-ring (bicyclic) bond motifs is 1. The lowest BCUT2D eigenvalue weighted by molar-refractivity contribution is -0.115. The van der Waals surface area contributed by atoms with Crippen LogP contribution in [-0.2, 0) is 11.2 Å². The van der Waals surface area contributed by atoms with Gasteiger partial charge in [0.05, 0.1) is 29.0 Å². The predicted molar refractivity (Wildman–Crippen MR) is 82.4 cm³/mol. The fourth-order valence-corrected chi connectivity index (χ4v) is 2.47. The first-order valence-electron chi connectivity index (χ1n) is 6.57. The Morgan fingerprint density at radius 3 is 2.90 bits per heavy atom. The number of nitrogens with zero attached hydrogens (tertiary/aromatic N) is 1. The molecule has 1 aliphatic rings. The van der Waals surface area contributed by atoms with E-state index in [1.165, 1.54) is 0 Å². The highest BCUT2D eigenvalue weighted by Crippen LogP contribution is 2.34. The van der Waals surface area contributed by atoms with Gasteiger partial charge < -0.3 is 16.4 Å². The number of nitrogens with one attached hydrogen (secondary N) is 2. The van der Waals surface area contributed by atoms with Crippen LogP contribution >= 0.6 is 0 Å². The molecular weight excluding hydrogens is 264 g/mol. The van der Waals surface area contributed by atoms with Crippen molar-refractivity contribution in [3.05, 3.63) is 47.0 Å². The van der Waals surface area contributed by atoms with Gasteiger partial charge in [0.2, 0.25) is 5.91 Å². The molecular formula is C16H14N4O. The molecule has 0 saturated carbocycles. The van der Waals surface area contributed by atoms with Gasteiger partial charge in [0.25, 0.3) is 0 Å². The summed E-state index contributed by atoms with van der Waals surface area (Å²) in [5.41, 5.74) is 11.1. The molecule has 0 atom stereocenters. The number of hydrogen-bond acceptors (Lipinski definition) is 4. The fraction of sp³-hybridized carbons (Fsp3) is 0.125. The fourth-order valence-electron chi connectivity index (χ4n) is 2.47. The van der Waals surface area contributed by atoms with Crippen LogP contribution in [0.5, 0.6) is 0 Å². The van der Waals surface area contributed by atoms with Crippen LogP contribution in [0.2, 0.25) is 0 Å². The lowest BCUT2D eigenvalue weighted by atomic mass is 10.1. The third-order valence-electron chi connectivity index (χ3n) is 3.55. The normalized spacial score (nSPS) is 12.5. The van der Waals surface area contributed by atoms with Crippen molar-refractivity contribution in [1.82, 2.24) is 0 Å². The lowest BCUT2D eigenvalue weighted by Gasteiger charge is -2.13. The second-order valence-electron chi connectivity index (χ2n) is 5.06. The van der Waals surface area contributed by atoms with Crippen molar-refractivity contribution in [2.24, 2.45) is 0 Å². The minimum absolute atomic E-state index is 0.0326. The van der Waals surface area contributed by atoms with E-state index in [0.29, 0.717) is 29.0 Å². The summed E-state index contributed by atoms with van der Waals surface area (Å²) in [7, 11) is 0. The Morgan fingerprint density at radius 2 is 2.14 bits per heavy atom. The van der Waals surface area contributed by atoms with Crippen molar-refractivity contribution in [2.75, 3.05) is 16.4 Å². The van der Waals surface area contributed by atoms with Crippen LogP contribution in [-0.4, -0.2) is 5.91 Å². The maximum atomic E-state index is 11.4. The van der Waals surface area contributed by atoms with E-state index >= 15 is 0 Å². The molecule has 0 radical (unpaired) electrons. The van der Waals surface area contributed by atoms with Crippen LogP contribution in [0, 0.1) is 18.3 Å². The number of carbonyl (C=O) groups excluding carboxylic acids is 1. The second kappa shape index (κ2) is 4.84. The Balaban J connectivity index is 2.01. The van der Waals surface area contributed by atoms with Gasteiger partial charge in [-0.05, 0) is 36.2 Å². The third-order valence-corrected chi connectivity index (χ3v) is 3.55. The first-order valence-corrected chi connectivity index (χ1v) is 6.57. The highest BCUT2D eigenvalue weighted by atomic mass is 16.1. The average Bonchev–Trinajstić information content (AvgIpc) is 2.78. The molecule has 0 saturated heterocycles. The lowest BCUT2D eigenvalue weighted by Crippen LogP contribution is -2.03. The maximum Gasteiger partial charge on any atom is 0.228 e. The molecule has 0 aromatic heterocycles. The molecule has 1 aliphatic heterocycles. The molecule has 3 rings (SSSR count). The monoisotopic (exact) mass is 278 g/mol. The second-order valence-corrected chi connectivity index (χ2v) is 5.06. The van der Waals surface area contributed by atoms with Gasteiger partial charge in [-0.15, -0.1) is 0 Å². The number of benzene rings is 2. The number of rotatable bonds is 2. The molecule has 5 nitrogen and oxygen atoms in total. The van der Waals surface area contributed by atoms with Crippen molar-refractivity contribution in [2.45, 2.75) is 13.3 Å². The summed E-state index contributed by atoms with van der Waals surface area (Å²) >= 11 is 0. The number of amides is 1. The Kier molecular flexibility index (Phi) is 2.99. The summed E-state index contributed by atoms with van der Waals surface area (Å²) < 4.78 is 0. The van der Waals surface area contributed by atoms with Gasteiger partial charge >= 0.3 is 0 Å². The van der Waals surface area contributed by atoms with E-state index in [1.54, 1.807) is 12.1 Å². The van der Waals surface area contributed by atoms with Gasteiger partial charge in [0.15, 0.2) is 0 Å². The number of nitrogen functional groups attached to an aromatic ring is 1. The topological polar surface area (TPSA) is 90.9 Å². The molecule has 0 aliphatic carbocycles. The molecule has 1 heterocycles. The molecule has 0 fully saturated rings. The molecule has 104 valence electrons. The van der Waals surface area contributed by atoms with Gasteiger partial charge in [-0.1, -0.05) is 12.1 Å². The summed E-state index contributed by atoms with van der Waals surface area (Å²) in [6, 6.07) is 11.4. The summed E-state index contributed by atoms with van der Waals surface area (Å²) in [6.45, 7) is 1.88. The van der Waals surface area contributed by atoms with Crippen LogP contribution in [0.25, 0.3) is 0 Å². The van der Waals surface area contributed by atoms with Gasteiger partial charge in [-0.2, -0.15) is 5.26 Å². The van der Waals surface area contributed by atoms with Gasteiger partial charge in [0, 0.05) is 5.69 Å². The number of nitriles is 1. The van der Waals surface area contributed by atoms with E-state index in [9.17, 15) is 10.1 Å². The molecule has 0 spiro atoms. The average molecular weight is 278 g/mol. The first-order chi connectivity index (χ1) is 10.1. The minimum atomic E-state index is -0.0326. The van der Waals surface area contributed by atoms with Gasteiger partial charge in [-0.25, -0.2) is 0 Å². The summed E-state index contributed by atoms with van der Waals surface area (Å²) in [6.07, 6.45) is 0.355. The SMILES string of the molecule is Cc1cccc(Nc2cc3c(cc2N)CC(=O)N3)c1C#N. The van der Waals surface area contributed by atoms with E-state index in [2.05, 4.69) is 16.7 Å². The Bertz CT molecular complexity index is 790. The summed E-state index contributed by atoms with van der Waals surface area (Å²) in [5.74, 6) is -0.0326. The smallest absolute Gasteiger partial charge is 0.228 e. The summed E-state index contributed by atoms with van der Waals surface area (Å²) in [5, 5.41) is 15.2. The van der Waals surface area contributed by atoms with Crippen LogP contribution in [0.1, 0.15) is 16.7 Å². The highest BCUT2D eigenvalue weighted by Gasteiger charge is 2.19. The summed E-state index contributed by atoms with van der Waals surface area (Å²) in [4.78, 5) is 11.4. The predicted octanol–water partition coefficient (Wildman–Crippen LogP) is 2.69. The van der Waals surface area contributed by atoms with Gasteiger partial charge in [-0.3, -0.25) is 4.79 Å². The Labute approximate surface area is 122 Å². The molecule has 0 unspecified atom stereocenters. The Hall–Kier alpha value is -3.00. The number of hydrogen-bond donors (Lipinski definition) is 3. The molecule has 4 N–H and O–H groups in total. The van der Waals surface area contributed by atoms with Crippen LogP contribution in [0.3, 0.4) is 0 Å². The molecule has 0 bridgehead atoms. The van der Waals surface area contributed by atoms with E-state index < -0.39 is 0 Å². The van der Waals surface area contributed by atoms with Crippen molar-refractivity contribution in [1.29, 1.82) is 5.26 Å². The number of anilines is 4. The minimum Gasteiger partial charge on any atom is -0.397 e. The number of aryl methyl sites for hydroxylation is 1. The van der Waals surface area contributed by atoms with E-state index in [-0.39, 0.29) is 5.91 Å². The van der Waals surface area contributed by atoms with Crippen molar-refractivity contribution in [3.8, 4) is 6.07 Å². The van der Waals surface area contributed by atoms with Crippen molar-refractivity contribution < 1.29 is 4.79 Å². The molecule has 5 heteroatoms. The zero-order valence-electron chi connectivity index (χ0n) is 11.5. The molecule has 2 aromatic carbocycles. The van der Waals surface area contributed by atoms with Crippen LogP contribution in [0.4, 0.5) is 22.7 Å². The van der Waals surface area contributed by atoms with Gasteiger partial charge in [0.1, 0.15) is 6.07 Å². The number of nitrogens with two attached hydrogens (primary N) is 1. The van der Waals surface area contributed by atoms with E-state index in [4.69, 9.17) is 5.73 Å². The highest BCUT2D eigenvalue weighted by molar-refractivity contribution is 6.01. The van der Waals surface area contributed by atoms with Crippen LogP contribution in [0.15, 0.2) is 30.3 Å². The van der Waals surface area contributed by atoms with E-state index in [1.807, 2.05) is 25.1 Å². The maximum absolute atomic E-state index is 11.4. The number of carbonyl (C=O) groups is 1. The quantitative estimate of drug-likeness (QED) is 0.736. The zero-order valence-corrected chi connectivity index (χ0v) is 11.5. The molecule has 21 heavy (non-hydrogen) atoms. The van der Waals surface area contributed by atoms with E-state index in [0.717, 1.165) is 16.8 Å². The van der Waals surface area contributed by atoms with Crippen molar-refractivity contribution in [3.63, 3.8) is 0 Å². The standard InChI is InChI=1S/C16H14N4O/c1-9-3-2-4-13(11(9)8-17)19-15-7-14-10(5-12(15)18)6-16(21)20-14/h2-5,7,19H,6,18H2,1H3,(H,20,21). The molecule has 2 aromatic rings. The third kappa shape index (κ3) is 2.28. The van der Waals surface area contributed by atoms with Crippen LogP contribution < -0.4 is 16.4 Å². The largest absolute Gasteiger partial charge is 0.397 e. The first kappa shape index (κ1) is 13.0. The molecule has 1 amide bonds. The zero-order chi connectivity index (χ0) is 15.0.